The Kier molecular flexibility index (Phi) is 7.79. The lowest BCUT2D eigenvalue weighted by Crippen LogP contribution is -2.12. The monoisotopic (exact) mass is 844 g/mol. The summed E-state index contributed by atoms with van der Waals surface area (Å²) in [5.74, 6) is 0. The zero-order valence-electron chi connectivity index (χ0n) is 36.3. The first kappa shape index (κ1) is 36.8. The molecule has 310 valence electrons. The van der Waals surface area contributed by atoms with E-state index < -0.39 is 0 Å². The van der Waals surface area contributed by atoms with Crippen molar-refractivity contribution < 1.29 is 8.83 Å². The fourth-order valence-corrected chi connectivity index (χ4v) is 11.1. The molecular weight excluding hydrogens is 805 g/mol. The Morgan fingerprint density at radius 2 is 0.682 bits per heavy atom. The fraction of sp³-hybridized carbons (Fsp3) is 0.0323. The van der Waals surface area contributed by atoms with Gasteiger partial charge in [-0.05, 0) is 129 Å². The van der Waals surface area contributed by atoms with Crippen molar-refractivity contribution >= 4 is 132 Å². The Morgan fingerprint density at radius 1 is 0.288 bits per heavy atom. The van der Waals surface area contributed by atoms with E-state index in [0.717, 1.165) is 78.0 Å². The maximum Gasteiger partial charge on any atom is 0.159 e. The summed E-state index contributed by atoms with van der Waals surface area (Å²) in [7, 11) is 0. The topological polar surface area (TPSA) is 32.8 Å². The van der Waals surface area contributed by atoms with Crippen molar-refractivity contribution in [3.05, 3.63) is 217 Å². The largest absolute Gasteiger partial charge is 0.454 e. The van der Waals surface area contributed by atoms with Gasteiger partial charge in [0.1, 0.15) is 11.2 Å². The molecule has 4 heteroatoms. The number of hydrogen-bond donors (Lipinski definition) is 0. The highest BCUT2D eigenvalue weighted by atomic mass is 16.3. The second kappa shape index (κ2) is 13.9. The van der Waals surface area contributed by atoms with Crippen LogP contribution in [0.5, 0.6) is 0 Å². The molecule has 0 saturated carbocycles. The third kappa shape index (κ3) is 5.21. The highest BCUT2D eigenvalue weighted by molar-refractivity contribution is 6.30. The minimum Gasteiger partial charge on any atom is -0.454 e. The predicted octanol–water partition coefficient (Wildman–Crippen LogP) is 18.2. The Labute approximate surface area is 380 Å². The van der Waals surface area contributed by atoms with Gasteiger partial charge in [0, 0.05) is 43.7 Å². The van der Waals surface area contributed by atoms with Gasteiger partial charge in [-0.15, -0.1) is 0 Å². The molecule has 0 amide bonds. The molecule has 0 radical (unpaired) electrons. The van der Waals surface area contributed by atoms with Crippen LogP contribution in [-0.4, -0.2) is 0 Å². The molecule has 0 N–H and O–H groups in total. The molecular formula is C62H40N2O2. The third-order valence-corrected chi connectivity index (χ3v) is 14.0. The average Bonchev–Trinajstić information content (AvgIpc) is 3.96. The zero-order chi connectivity index (χ0) is 43.6. The van der Waals surface area contributed by atoms with Gasteiger partial charge in [-0.1, -0.05) is 146 Å². The smallest absolute Gasteiger partial charge is 0.159 e. The van der Waals surface area contributed by atoms with E-state index in [1.165, 1.54) is 65.0 Å². The molecule has 12 aromatic carbocycles. The molecule has 0 bridgehead atoms. The van der Waals surface area contributed by atoms with Crippen LogP contribution in [0.2, 0.25) is 0 Å². The van der Waals surface area contributed by atoms with E-state index in [1.807, 2.05) is 0 Å². The van der Waals surface area contributed by atoms with Crippen LogP contribution < -0.4 is 9.80 Å². The van der Waals surface area contributed by atoms with Gasteiger partial charge in [0.05, 0.1) is 22.7 Å². The molecule has 0 unspecified atom stereocenters. The van der Waals surface area contributed by atoms with Crippen LogP contribution >= 0.6 is 0 Å². The number of benzene rings is 12. The number of para-hydroxylation sites is 4. The lowest BCUT2D eigenvalue weighted by atomic mass is 9.88. The lowest BCUT2D eigenvalue weighted by molar-refractivity contribution is 0.669. The van der Waals surface area contributed by atoms with E-state index >= 15 is 0 Å². The van der Waals surface area contributed by atoms with Crippen molar-refractivity contribution in [2.45, 2.75) is 13.8 Å². The highest BCUT2D eigenvalue weighted by Crippen LogP contribution is 2.52. The summed E-state index contributed by atoms with van der Waals surface area (Å²) < 4.78 is 13.9. The van der Waals surface area contributed by atoms with Gasteiger partial charge in [0.2, 0.25) is 0 Å². The molecule has 0 aliphatic rings. The van der Waals surface area contributed by atoms with E-state index in [4.69, 9.17) is 8.83 Å². The first-order chi connectivity index (χ1) is 32.6. The van der Waals surface area contributed by atoms with Crippen LogP contribution in [0.3, 0.4) is 0 Å². The van der Waals surface area contributed by atoms with E-state index in [1.54, 1.807) is 0 Å². The molecule has 14 rings (SSSR count). The third-order valence-electron chi connectivity index (χ3n) is 14.0. The Morgan fingerprint density at radius 3 is 1.14 bits per heavy atom. The van der Waals surface area contributed by atoms with Gasteiger partial charge in [-0.25, -0.2) is 0 Å². The number of hydrogen-bond acceptors (Lipinski definition) is 4. The molecule has 2 aromatic heterocycles. The molecule has 0 saturated heterocycles. The highest BCUT2D eigenvalue weighted by Gasteiger charge is 2.27. The summed E-state index contributed by atoms with van der Waals surface area (Å²) in [5.41, 5.74) is 12.2. The minimum atomic E-state index is 0.862. The summed E-state index contributed by atoms with van der Waals surface area (Å²) in [6.45, 7) is 4.50. The van der Waals surface area contributed by atoms with E-state index in [0.29, 0.717) is 0 Å². The lowest BCUT2D eigenvalue weighted by Gasteiger charge is -2.30. The van der Waals surface area contributed by atoms with Crippen LogP contribution in [0.4, 0.5) is 34.1 Å². The first-order valence-electron chi connectivity index (χ1n) is 22.7. The first-order valence-corrected chi connectivity index (χ1v) is 22.7. The maximum absolute atomic E-state index is 6.93. The summed E-state index contributed by atoms with van der Waals surface area (Å²) >= 11 is 0. The molecule has 14 aromatic rings. The van der Waals surface area contributed by atoms with Gasteiger partial charge in [0.25, 0.3) is 0 Å². The van der Waals surface area contributed by atoms with Crippen LogP contribution in [0.15, 0.2) is 215 Å². The summed E-state index contributed by atoms with van der Waals surface area (Å²) in [4.78, 5) is 4.81. The molecule has 0 atom stereocenters. The second-order valence-corrected chi connectivity index (χ2v) is 17.7. The van der Waals surface area contributed by atoms with Crippen molar-refractivity contribution in [2.24, 2.45) is 0 Å². The van der Waals surface area contributed by atoms with E-state index in [2.05, 4.69) is 230 Å². The summed E-state index contributed by atoms with van der Waals surface area (Å²) in [5, 5.41) is 16.6. The molecule has 66 heavy (non-hydrogen) atoms. The van der Waals surface area contributed by atoms with Crippen molar-refractivity contribution in [1.82, 2.24) is 0 Å². The van der Waals surface area contributed by atoms with Crippen molar-refractivity contribution in [2.75, 3.05) is 9.80 Å². The number of furan rings is 2. The standard InChI is InChI=1S/C62H40N2O2/c1-37-35-53(63(41-17-5-3-6-18-41)51-25-13-23-49-57-45-21-11-9-15-39(45)27-33-55(57)65-61(49)51)47-32-30-44-38(2)36-54(48-31-29-43(37)59(47)60(44)48)64(42-19-7-4-8-20-42)52-26-14-24-50-58-46-22-12-10-16-40(46)28-34-56(58)66-62(50)52/h3-36H,1-2H3. The van der Waals surface area contributed by atoms with Gasteiger partial charge in [-0.3, -0.25) is 0 Å². The molecule has 4 nitrogen and oxygen atoms in total. The van der Waals surface area contributed by atoms with Crippen LogP contribution in [-0.2, 0) is 0 Å². The maximum atomic E-state index is 6.93. The summed E-state index contributed by atoms with van der Waals surface area (Å²) in [6.07, 6.45) is 0. The molecule has 0 aliphatic heterocycles. The molecule has 0 aliphatic carbocycles. The predicted molar refractivity (Wildman–Crippen MR) is 279 cm³/mol. The van der Waals surface area contributed by atoms with Crippen LogP contribution in [0, 0.1) is 13.8 Å². The Bertz CT molecular complexity index is 3980. The Hall–Kier alpha value is -8.60. The zero-order valence-corrected chi connectivity index (χ0v) is 36.3. The Balaban J connectivity index is 1.05. The van der Waals surface area contributed by atoms with Gasteiger partial charge >= 0.3 is 0 Å². The van der Waals surface area contributed by atoms with Gasteiger partial charge < -0.3 is 18.6 Å². The van der Waals surface area contributed by atoms with Crippen LogP contribution in [0.1, 0.15) is 11.1 Å². The number of aryl methyl sites for hydroxylation is 2. The SMILES string of the molecule is Cc1cc(N(c2ccccc2)c2cccc3c2oc2ccc4ccccc4c23)c2ccc3c(C)cc(N(c4ccccc4)c4cccc5c4oc4ccc6ccccc6c45)c4ccc1c2c34. The van der Waals surface area contributed by atoms with Crippen molar-refractivity contribution in [1.29, 1.82) is 0 Å². The average molecular weight is 845 g/mol. The van der Waals surface area contributed by atoms with Gasteiger partial charge in [-0.2, -0.15) is 0 Å². The molecule has 0 fully saturated rings. The number of fused-ring (bicyclic) bond motifs is 10. The number of nitrogens with zero attached hydrogens (tertiary/aromatic N) is 2. The van der Waals surface area contributed by atoms with Gasteiger partial charge in [0.15, 0.2) is 11.2 Å². The van der Waals surface area contributed by atoms with Crippen molar-refractivity contribution in [3.8, 4) is 0 Å². The number of rotatable bonds is 6. The van der Waals surface area contributed by atoms with Crippen molar-refractivity contribution in [3.63, 3.8) is 0 Å². The minimum absolute atomic E-state index is 0.862. The van der Waals surface area contributed by atoms with E-state index in [9.17, 15) is 0 Å². The fourth-order valence-electron chi connectivity index (χ4n) is 11.1. The quantitative estimate of drug-likeness (QED) is 0.156. The summed E-state index contributed by atoms with van der Waals surface area (Å²) in [6, 6.07) is 74.4. The normalized spacial score (nSPS) is 12.1. The second-order valence-electron chi connectivity index (χ2n) is 17.7. The molecule has 2 heterocycles. The van der Waals surface area contributed by atoms with E-state index in [-0.39, 0.29) is 0 Å². The molecule has 0 spiro atoms. The number of anilines is 6. The van der Waals surface area contributed by atoms with Crippen LogP contribution in [0.25, 0.3) is 97.7 Å².